The number of nitrogen functional groups attached to an aromatic ring is 1. The summed E-state index contributed by atoms with van der Waals surface area (Å²) in [6.07, 6.45) is 5.87. The van der Waals surface area contributed by atoms with E-state index in [4.69, 9.17) is 25.2 Å². The Hall–Kier alpha value is -4.14. The monoisotopic (exact) mass is 474 g/mol. The number of carbonyl (C=O) groups excluding carboxylic acids is 1. The number of hydrogen-bond donors (Lipinski definition) is 2. The number of nitrogens with two attached hydrogens (primary N) is 1. The summed E-state index contributed by atoms with van der Waals surface area (Å²) in [5.41, 5.74) is 9.69. The lowest BCUT2D eigenvalue weighted by atomic mass is 10.2. The van der Waals surface area contributed by atoms with Crippen molar-refractivity contribution in [1.82, 2.24) is 20.0 Å². The lowest BCUT2D eigenvalue weighted by Gasteiger charge is -2.07. The number of methoxy groups -OCH3 is 2. The fraction of sp³-hybridized carbons (Fsp3) is 0.308. The van der Waals surface area contributed by atoms with E-state index in [1.54, 1.807) is 32.6 Å². The summed E-state index contributed by atoms with van der Waals surface area (Å²) in [6, 6.07) is 12.9. The maximum absolute atomic E-state index is 13.1. The van der Waals surface area contributed by atoms with E-state index in [9.17, 15) is 4.79 Å². The molecule has 0 saturated heterocycles. The molecule has 0 unspecified atom stereocenters. The summed E-state index contributed by atoms with van der Waals surface area (Å²) in [5, 5.41) is 7.52. The van der Waals surface area contributed by atoms with Crippen molar-refractivity contribution < 1.29 is 14.3 Å². The molecule has 0 bridgehead atoms. The van der Waals surface area contributed by atoms with Gasteiger partial charge in [0.15, 0.2) is 17.1 Å². The van der Waals surface area contributed by atoms with Gasteiger partial charge in [-0.05, 0) is 42.3 Å². The van der Waals surface area contributed by atoms with Gasteiger partial charge in [-0.15, -0.1) is 0 Å². The fourth-order valence-electron chi connectivity index (χ4n) is 3.89. The number of nitrogens with zero attached hydrogens (tertiary/aromatic N) is 4. The minimum atomic E-state index is -0.284. The molecule has 0 spiro atoms. The Bertz CT molecular complexity index is 1380. The number of ether oxygens (including phenoxy) is 2. The molecule has 0 fully saturated rings. The van der Waals surface area contributed by atoms with Gasteiger partial charge in [-0.3, -0.25) is 4.79 Å². The van der Waals surface area contributed by atoms with Crippen LogP contribution in [0.25, 0.3) is 22.2 Å². The number of hydrogen-bond acceptors (Lipinski definition) is 7. The first kappa shape index (κ1) is 24.0. The Kier molecular flexibility index (Phi) is 7.45. The Morgan fingerprint density at radius 3 is 2.51 bits per heavy atom. The summed E-state index contributed by atoms with van der Waals surface area (Å²) in [5.74, 6) is 1.09. The van der Waals surface area contributed by atoms with Gasteiger partial charge < -0.3 is 20.5 Å². The minimum Gasteiger partial charge on any atom is -0.493 e. The predicted molar refractivity (Wildman–Crippen MR) is 138 cm³/mol. The molecule has 9 nitrogen and oxygen atoms in total. The van der Waals surface area contributed by atoms with Crippen molar-refractivity contribution in [3.8, 4) is 11.5 Å². The van der Waals surface area contributed by atoms with Crippen LogP contribution in [0.5, 0.6) is 11.5 Å². The Balaban J connectivity index is 1.75. The standard InChI is InChI=1S/C26H30N6O3/c1-4-5-6-9-14-28-26(33)22-23-25(31-19-11-8-7-10-18(19)30-23)32(24(22)27)29-16-17-12-13-20(34-2)21(15-17)35-3/h7-8,10-13,15-16H,4-6,9,14,27H2,1-3H3,(H,28,33). The molecule has 0 aliphatic heterocycles. The number of para-hydroxylation sites is 2. The van der Waals surface area contributed by atoms with Gasteiger partial charge >= 0.3 is 0 Å². The Labute approximate surface area is 204 Å². The lowest BCUT2D eigenvalue weighted by Crippen LogP contribution is -2.25. The molecule has 4 aromatic rings. The molecule has 9 heteroatoms. The normalized spacial score (nSPS) is 11.4. The molecule has 4 rings (SSSR count). The third-order valence-corrected chi connectivity index (χ3v) is 5.75. The molecule has 182 valence electrons. The van der Waals surface area contributed by atoms with Crippen molar-refractivity contribution in [1.29, 1.82) is 0 Å². The molecule has 35 heavy (non-hydrogen) atoms. The van der Waals surface area contributed by atoms with Gasteiger partial charge in [-0.25, -0.2) is 9.97 Å². The fourth-order valence-corrected chi connectivity index (χ4v) is 3.89. The smallest absolute Gasteiger partial charge is 0.257 e. The number of unbranched alkanes of at least 4 members (excludes halogenated alkanes) is 3. The van der Waals surface area contributed by atoms with Crippen molar-refractivity contribution >= 4 is 40.1 Å². The number of anilines is 1. The number of fused-ring (bicyclic) bond motifs is 2. The molecule has 3 N–H and O–H groups in total. The second kappa shape index (κ2) is 10.9. The topological polar surface area (TPSA) is 117 Å². The third kappa shape index (κ3) is 5.03. The first-order chi connectivity index (χ1) is 17.1. The highest BCUT2D eigenvalue weighted by molar-refractivity contribution is 6.10. The first-order valence-corrected chi connectivity index (χ1v) is 11.7. The van der Waals surface area contributed by atoms with Crippen molar-refractivity contribution in [2.45, 2.75) is 32.6 Å². The third-order valence-electron chi connectivity index (χ3n) is 5.75. The van der Waals surface area contributed by atoms with Crippen molar-refractivity contribution in [2.75, 3.05) is 26.5 Å². The van der Waals surface area contributed by atoms with Gasteiger partial charge in [0.2, 0.25) is 0 Å². The summed E-state index contributed by atoms with van der Waals surface area (Å²) in [6.45, 7) is 2.72. The molecule has 0 saturated carbocycles. The maximum atomic E-state index is 13.1. The van der Waals surface area contributed by atoms with Gasteiger partial charge in [-0.2, -0.15) is 9.78 Å². The van der Waals surface area contributed by atoms with Crippen LogP contribution in [0, 0.1) is 0 Å². The molecule has 2 aromatic heterocycles. The lowest BCUT2D eigenvalue weighted by molar-refractivity contribution is 0.0955. The van der Waals surface area contributed by atoms with Gasteiger partial charge in [0.05, 0.1) is 31.5 Å². The largest absolute Gasteiger partial charge is 0.493 e. The molecule has 0 atom stereocenters. The van der Waals surface area contributed by atoms with E-state index in [-0.39, 0.29) is 17.3 Å². The van der Waals surface area contributed by atoms with E-state index in [2.05, 4.69) is 17.3 Å². The summed E-state index contributed by atoms with van der Waals surface area (Å²) >= 11 is 0. The van der Waals surface area contributed by atoms with Crippen LogP contribution in [0.1, 0.15) is 48.5 Å². The highest BCUT2D eigenvalue weighted by atomic mass is 16.5. The van der Waals surface area contributed by atoms with E-state index in [1.807, 2.05) is 30.3 Å². The van der Waals surface area contributed by atoms with Crippen LogP contribution < -0.4 is 20.5 Å². The zero-order chi connectivity index (χ0) is 24.8. The van der Waals surface area contributed by atoms with Crippen LogP contribution in [0.4, 0.5) is 5.82 Å². The summed E-state index contributed by atoms with van der Waals surface area (Å²) in [7, 11) is 3.15. The Morgan fingerprint density at radius 1 is 1.06 bits per heavy atom. The molecule has 1 amide bonds. The number of benzene rings is 2. The zero-order valence-electron chi connectivity index (χ0n) is 20.2. The number of aromatic nitrogens is 3. The molecule has 0 aliphatic rings. The second-order valence-corrected chi connectivity index (χ2v) is 8.13. The van der Waals surface area contributed by atoms with Crippen LogP contribution in [-0.2, 0) is 0 Å². The zero-order valence-corrected chi connectivity index (χ0v) is 20.2. The average Bonchev–Trinajstić information content (AvgIpc) is 3.15. The Morgan fingerprint density at radius 2 is 1.80 bits per heavy atom. The van der Waals surface area contributed by atoms with Gasteiger partial charge in [-0.1, -0.05) is 38.3 Å². The van der Waals surface area contributed by atoms with Gasteiger partial charge in [0.1, 0.15) is 16.9 Å². The van der Waals surface area contributed by atoms with E-state index in [1.165, 1.54) is 4.68 Å². The molecular weight excluding hydrogens is 444 g/mol. The van der Waals surface area contributed by atoms with E-state index in [0.717, 1.165) is 31.2 Å². The predicted octanol–water partition coefficient (Wildman–Crippen LogP) is 4.38. The number of rotatable bonds is 10. The summed E-state index contributed by atoms with van der Waals surface area (Å²) < 4.78 is 12.1. The maximum Gasteiger partial charge on any atom is 0.257 e. The van der Waals surface area contributed by atoms with E-state index < -0.39 is 0 Å². The molecular formula is C26H30N6O3. The molecule has 2 aromatic carbocycles. The number of nitrogens with one attached hydrogen (secondary N) is 1. The van der Waals surface area contributed by atoms with Crippen LogP contribution in [0.15, 0.2) is 47.6 Å². The average molecular weight is 475 g/mol. The number of carbonyl (C=O) groups is 1. The quantitative estimate of drug-likeness (QED) is 0.260. The molecule has 0 aliphatic carbocycles. The highest BCUT2D eigenvalue weighted by Crippen LogP contribution is 2.29. The summed E-state index contributed by atoms with van der Waals surface area (Å²) in [4.78, 5) is 22.6. The van der Waals surface area contributed by atoms with Crippen molar-refractivity contribution in [3.05, 3.63) is 53.6 Å². The molecule has 2 heterocycles. The highest BCUT2D eigenvalue weighted by Gasteiger charge is 2.23. The van der Waals surface area contributed by atoms with Crippen LogP contribution in [-0.4, -0.2) is 47.5 Å². The second-order valence-electron chi connectivity index (χ2n) is 8.13. The first-order valence-electron chi connectivity index (χ1n) is 11.7. The van der Waals surface area contributed by atoms with Crippen LogP contribution >= 0.6 is 0 Å². The minimum absolute atomic E-state index is 0.179. The number of amides is 1. The van der Waals surface area contributed by atoms with Gasteiger partial charge in [0, 0.05) is 6.54 Å². The van der Waals surface area contributed by atoms with E-state index >= 15 is 0 Å². The van der Waals surface area contributed by atoms with E-state index in [0.29, 0.717) is 40.2 Å². The molecule has 0 radical (unpaired) electrons. The van der Waals surface area contributed by atoms with Gasteiger partial charge in [0.25, 0.3) is 5.91 Å². The van der Waals surface area contributed by atoms with Crippen LogP contribution in [0.3, 0.4) is 0 Å². The van der Waals surface area contributed by atoms with Crippen LogP contribution in [0.2, 0.25) is 0 Å². The van der Waals surface area contributed by atoms with Crippen molar-refractivity contribution in [3.63, 3.8) is 0 Å². The van der Waals surface area contributed by atoms with Crippen molar-refractivity contribution in [2.24, 2.45) is 5.10 Å². The SMILES string of the molecule is CCCCCCNC(=O)c1c(N)n(N=Cc2ccc(OC)c(OC)c2)c2nc3ccccc3nc12.